The van der Waals surface area contributed by atoms with Gasteiger partial charge in [-0.15, -0.1) is 0 Å². The first kappa shape index (κ1) is 14.8. The zero-order valence-electron chi connectivity index (χ0n) is 12.5. The van der Waals surface area contributed by atoms with E-state index in [4.69, 9.17) is 0 Å². The van der Waals surface area contributed by atoms with E-state index in [-0.39, 0.29) is 11.8 Å². The van der Waals surface area contributed by atoms with E-state index in [9.17, 15) is 9.90 Å². The van der Waals surface area contributed by atoms with E-state index in [0.29, 0.717) is 5.57 Å². The molecule has 3 heteroatoms. The first-order valence-corrected chi connectivity index (χ1v) is 7.30. The summed E-state index contributed by atoms with van der Waals surface area (Å²) in [5, 5.41) is 13.7. The van der Waals surface area contributed by atoms with E-state index in [1.165, 1.54) is 5.56 Å². The van der Waals surface area contributed by atoms with Gasteiger partial charge in [-0.2, -0.15) is 0 Å². The smallest absolute Gasteiger partial charge is 0.154 e. The molecular weight excluding hydrogens is 250 g/mol. The van der Waals surface area contributed by atoms with Gasteiger partial charge in [-0.25, -0.2) is 0 Å². The standard InChI is InChI=1S/C17H23NO2/c1-4-13-9-11(2)8-12(3)16(13)14(10-19)17(20)15-6-5-7-18-15/h8-10,15,18,20H,4-7H2,1-3H3/b17-14-. The van der Waals surface area contributed by atoms with E-state index in [1.807, 2.05) is 6.92 Å². The third kappa shape index (κ3) is 2.78. The van der Waals surface area contributed by atoms with Crippen LogP contribution in [-0.4, -0.2) is 24.0 Å². The van der Waals surface area contributed by atoms with E-state index >= 15 is 0 Å². The van der Waals surface area contributed by atoms with E-state index < -0.39 is 0 Å². The number of benzene rings is 1. The molecule has 108 valence electrons. The highest BCUT2D eigenvalue weighted by Gasteiger charge is 2.23. The molecule has 1 aliphatic heterocycles. The Morgan fingerprint density at radius 2 is 2.20 bits per heavy atom. The maximum absolute atomic E-state index is 11.6. The second-order valence-corrected chi connectivity index (χ2v) is 5.54. The number of hydrogen-bond donors (Lipinski definition) is 2. The van der Waals surface area contributed by atoms with Crippen LogP contribution < -0.4 is 5.32 Å². The van der Waals surface area contributed by atoms with Crippen molar-refractivity contribution in [2.75, 3.05) is 6.54 Å². The van der Waals surface area contributed by atoms with E-state index in [2.05, 4.69) is 31.3 Å². The number of carbonyl (C=O) groups excluding carboxylic acids is 1. The van der Waals surface area contributed by atoms with Crippen LogP contribution in [0.3, 0.4) is 0 Å². The molecule has 0 aromatic heterocycles. The van der Waals surface area contributed by atoms with Crippen molar-refractivity contribution in [2.45, 2.75) is 46.1 Å². The van der Waals surface area contributed by atoms with Gasteiger partial charge in [0.25, 0.3) is 0 Å². The lowest BCUT2D eigenvalue weighted by molar-refractivity contribution is -0.103. The summed E-state index contributed by atoms with van der Waals surface area (Å²) in [7, 11) is 0. The summed E-state index contributed by atoms with van der Waals surface area (Å²) in [6, 6.07) is 4.08. The highest BCUT2D eigenvalue weighted by molar-refractivity contribution is 6.09. The molecule has 0 amide bonds. The van der Waals surface area contributed by atoms with Crippen LogP contribution >= 0.6 is 0 Å². The predicted molar refractivity (Wildman–Crippen MR) is 81.9 cm³/mol. The number of aldehydes is 1. The van der Waals surface area contributed by atoms with Gasteiger partial charge in [0.1, 0.15) is 5.76 Å². The number of rotatable bonds is 4. The van der Waals surface area contributed by atoms with Crippen molar-refractivity contribution in [1.29, 1.82) is 0 Å². The molecule has 1 aromatic rings. The van der Waals surface area contributed by atoms with Crippen molar-refractivity contribution in [3.05, 3.63) is 40.1 Å². The summed E-state index contributed by atoms with van der Waals surface area (Å²) in [6.45, 7) is 7.03. The Kier molecular flexibility index (Phi) is 4.61. The number of carbonyl (C=O) groups is 1. The third-order valence-electron chi connectivity index (χ3n) is 4.00. The summed E-state index contributed by atoms with van der Waals surface area (Å²) in [5.41, 5.74) is 4.70. The summed E-state index contributed by atoms with van der Waals surface area (Å²) in [5.74, 6) is 0.194. The molecule has 0 saturated carbocycles. The minimum absolute atomic E-state index is 0.0828. The highest BCUT2D eigenvalue weighted by atomic mass is 16.3. The van der Waals surface area contributed by atoms with Crippen LogP contribution in [0, 0.1) is 13.8 Å². The molecule has 1 atom stereocenters. The van der Waals surface area contributed by atoms with Crippen molar-refractivity contribution in [1.82, 2.24) is 5.32 Å². The van der Waals surface area contributed by atoms with Crippen molar-refractivity contribution in [2.24, 2.45) is 0 Å². The van der Waals surface area contributed by atoms with Crippen molar-refractivity contribution in [3.8, 4) is 0 Å². The molecule has 1 aromatic carbocycles. The van der Waals surface area contributed by atoms with Crippen LogP contribution in [0.4, 0.5) is 0 Å². The molecular formula is C17H23NO2. The lowest BCUT2D eigenvalue weighted by atomic mass is 9.90. The van der Waals surface area contributed by atoms with Gasteiger partial charge in [-0.1, -0.05) is 24.6 Å². The Hall–Kier alpha value is -1.61. The number of allylic oxidation sites excluding steroid dienone is 1. The molecule has 0 radical (unpaired) electrons. The minimum atomic E-state index is -0.0828. The fraction of sp³-hybridized carbons (Fsp3) is 0.471. The van der Waals surface area contributed by atoms with Gasteiger partial charge in [0.05, 0.1) is 11.6 Å². The Labute approximate surface area is 120 Å². The number of aryl methyl sites for hydroxylation is 3. The minimum Gasteiger partial charge on any atom is -0.510 e. The van der Waals surface area contributed by atoms with Crippen LogP contribution in [0.5, 0.6) is 0 Å². The zero-order valence-corrected chi connectivity index (χ0v) is 12.5. The van der Waals surface area contributed by atoms with Crippen LogP contribution in [0.25, 0.3) is 5.57 Å². The average Bonchev–Trinajstić information content (AvgIpc) is 2.95. The van der Waals surface area contributed by atoms with Gasteiger partial charge >= 0.3 is 0 Å². The lowest BCUT2D eigenvalue weighted by Crippen LogP contribution is -2.25. The fourth-order valence-corrected chi connectivity index (χ4v) is 3.07. The second kappa shape index (κ2) is 6.23. The lowest BCUT2D eigenvalue weighted by Gasteiger charge is -2.17. The van der Waals surface area contributed by atoms with Crippen molar-refractivity contribution < 1.29 is 9.90 Å². The summed E-state index contributed by atoms with van der Waals surface area (Å²) < 4.78 is 0. The zero-order chi connectivity index (χ0) is 14.7. The number of nitrogens with one attached hydrogen (secondary N) is 1. The molecule has 3 nitrogen and oxygen atoms in total. The third-order valence-corrected chi connectivity index (χ3v) is 4.00. The molecule has 2 N–H and O–H groups in total. The molecule has 1 saturated heterocycles. The molecule has 0 bridgehead atoms. The molecule has 1 fully saturated rings. The number of hydrogen-bond acceptors (Lipinski definition) is 3. The van der Waals surface area contributed by atoms with Gasteiger partial charge < -0.3 is 10.4 Å². The van der Waals surface area contributed by atoms with Crippen LogP contribution in [-0.2, 0) is 11.2 Å². The van der Waals surface area contributed by atoms with E-state index in [0.717, 1.165) is 48.8 Å². The van der Waals surface area contributed by atoms with Gasteiger partial charge in [0.2, 0.25) is 0 Å². The quantitative estimate of drug-likeness (QED) is 0.503. The van der Waals surface area contributed by atoms with Crippen molar-refractivity contribution >= 4 is 11.9 Å². The fourth-order valence-electron chi connectivity index (χ4n) is 3.07. The van der Waals surface area contributed by atoms with Gasteiger partial charge in [-0.3, -0.25) is 4.79 Å². The van der Waals surface area contributed by atoms with Gasteiger partial charge in [0, 0.05) is 0 Å². The van der Waals surface area contributed by atoms with Gasteiger partial charge in [0.15, 0.2) is 6.29 Å². The molecule has 0 aliphatic carbocycles. The second-order valence-electron chi connectivity index (χ2n) is 5.54. The Bertz CT molecular complexity index is 540. The Morgan fingerprint density at radius 1 is 1.45 bits per heavy atom. The van der Waals surface area contributed by atoms with Crippen LogP contribution in [0.15, 0.2) is 17.9 Å². The van der Waals surface area contributed by atoms with Crippen LogP contribution in [0.2, 0.25) is 0 Å². The maximum Gasteiger partial charge on any atom is 0.154 e. The first-order chi connectivity index (χ1) is 9.58. The molecule has 20 heavy (non-hydrogen) atoms. The van der Waals surface area contributed by atoms with Crippen molar-refractivity contribution in [3.63, 3.8) is 0 Å². The molecule has 1 heterocycles. The average molecular weight is 273 g/mol. The monoisotopic (exact) mass is 273 g/mol. The van der Waals surface area contributed by atoms with E-state index in [1.54, 1.807) is 0 Å². The number of aliphatic hydroxyl groups excluding tert-OH is 1. The van der Waals surface area contributed by atoms with Crippen LogP contribution in [0.1, 0.15) is 42.0 Å². The Morgan fingerprint density at radius 3 is 2.75 bits per heavy atom. The Balaban J connectivity index is 2.56. The summed E-state index contributed by atoms with van der Waals surface area (Å²) in [6.07, 6.45) is 3.57. The molecule has 2 rings (SSSR count). The largest absolute Gasteiger partial charge is 0.510 e. The highest BCUT2D eigenvalue weighted by Crippen LogP contribution is 2.28. The number of aliphatic hydroxyl groups is 1. The normalized spacial score (nSPS) is 19.9. The first-order valence-electron chi connectivity index (χ1n) is 7.30. The molecule has 1 aliphatic rings. The molecule has 1 unspecified atom stereocenters. The van der Waals surface area contributed by atoms with Gasteiger partial charge in [-0.05, 0) is 56.3 Å². The maximum atomic E-state index is 11.6. The summed E-state index contributed by atoms with van der Waals surface area (Å²) >= 11 is 0. The SMILES string of the molecule is CCc1cc(C)cc(C)c1/C(C=O)=C(\O)C1CCCN1. The molecule has 0 spiro atoms. The predicted octanol–water partition coefficient (Wildman–Crippen LogP) is 3.09. The topological polar surface area (TPSA) is 49.3 Å². The summed E-state index contributed by atoms with van der Waals surface area (Å²) in [4.78, 5) is 11.6.